The summed E-state index contributed by atoms with van der Waals surface area (Å²) in [6, 6.07) is -0.646. The monoisotopic (exact) mass is 196 g/mol. The second kappa shape index (κ2) is 3.26. The third-order valence-electron chi connectivity index (χ3n) is 3.37. The Bertz CT molecular complexity index is 269. The molecule has 0 aromatic heterocycles. The Labute approximate surface area is 83.4 Å². The van der Waals surface area contributed by atoms with Gasteiger partial charge in [0.15, 0.2) is 0 Å². The van der Waals surface area contributed by atoms with Gasteiger partial charge in [0, 0.05) is 0 Å². The van der Waals surface area contributed by atoms with Crippen LogP contribution in [-0.4, -0.2) is 18.0 Å². The molecule has 14 heavy (non-hydrogen) atoms. The van der Waals surface area contributed by atoms with Crippen molar-refractivity contribution < 1.29 is 9.59 Å². The molecule has 3 amide bonds. The number of rotatable bonds is 2. The van der Waals surface area contributed by atoms with Crippen LogP contribution in [-0.2, 0) is 4.79 Å². The van der Waals surface area contributed by atoms with E-state index in [1.54, 1.807) is 0 Å². The van der Waals surface area contributed by atoms with Crippen LogP contribution in [0.15, 0.2) is 0 Å². The van der Waals surface area contributed by atoms with Crippen molar-refractivity contribution in [3.8, 4) is 0 Å². The minimum Gasteiger partial charge on any atom is -0.326 e. The summed E-state index contributed by atoms with van der Waals surface area (Å²) in [5.41, 5.74) is 0.250. The van der Waals surface area contributed by atoms with Gasteiger partial charge in [-0.3, -0.25) is 10.1 Å². The molecule has 1 aliphatic carbocycles. The van der Waals surface area contributed by atoms with Gasteiger partial charge in [0.1, 0.15) is 6.04 Å². The molecular weight excluding hydrogens is 180 g/mol. The zero-order valence-electron chi connectivity index (χ0n) is 8.43. The van der Waals surface area contributed by atoms with E-state index < -0.39 is 0 Å². The normalized spacial score (nSPS) is 30.2. The van der Waals surface area contributed by atoms with Gasteiger partial charge in [0.05, 0.1) is 0 Å². The predicted molar refractivity (Wildman–Crippen MR) is 51.7 cm³/mol. The number of urea groups is 1. The Morgan fingerprint density at radius 2 is 2.00 bits per heavy atom. The Balaban J connectivity index is 1.97. The van der Waals surface area contributed by atoms with Crippen LogP contribution in [0.5, 0.6) is 0 Å². The van der Waals surface area contributed by atoms with Gasteiger partial charge in [-0.05, 0) is 24.7 Å². The molecule has 0 aromatic rings. The average Bonchev–Trinajstić information content (AvgIpc) is 2.61. The van der Waals surface area contributed by atoms with E-state index in [-0.39, 0.29) is 23.4 Å². The maximum absolute atomic E-state index is 11.3. The SMILES string of the molecule is CC1(CC2NC(=O)NC2=O)CCCC1. The van der Waals surface area contributed by atoms with Crippen molar-refractivity contribution in [2.45, 2.75) is 45.1 Å². The van der Waals surface area contributed by atoms with E-state index in [0.29, 0.717) is 0 Å². The molecule has 2 aliphatic rings. The molecule has 1 heterocycles. The van der Waals surface area contributed by atoms with Gasteiger partial charge in [-0.15, -0.1) is 0 Å². The molecule has 1 aliphatic heterocycles. The number of nitrogens with one attached hydrogen (secondary N) is 2. The molecule has 2 N–H and O–H groups in total. The molecule has 4 nitrogen and oxygen atoms in total. The van der Waals surface area contributed by atoms with E-state index in [1.165, 1.54) is 25.7 Å². The van der Waals surface area contributed by atoms with E-state index in [9.17, 15) is 9.59 Å². The summed E-state index contributed by atoms with van der Waals surface area (Å²) < 4.78 is 0. The van der Waals surface area contributed by atoms with Crippen LogP contribution in [0.2, 0.25) is 0 Å². The number of imide groups is 1. The summed E-state index contributed by atoms with van der Waals surface area (Å²) in [6.07, 6.45) is 5.63. The first-order valence-electron chi connectivity index (χ1n) is 5.20. The molecule has 4 heteroatoms. The minimum absolute atomic E-state index is 0.164. The van der Waals surface area contributed by atoms with Gasteiger partial charge in [0.2, 0.25) is 0 Å². The van der Waals surface area contributed by atoms with Crippen molar-refractivity contribution in [1.82, 2.24) is 10.6 Å². The molecule has 2 rings (SSSR count). The second-order valence-corrected chi connectivity index (χ2v) is 4.74. The van der Waals surface area contributed by atoms with Gasteiger partial charge in [-0.1, -0.05) is 19.8 Å². The molecule has 1 saturated carbocycles. The van der Waals surface area contributed by atoms with Gasteiger partial charge >= 0.3 is 6.03 Å². The standard InChI is InChI=1S/C10H16N2O2/c1-10(4-2-3-5-10)6-7-8(13)12-9(14)11-7/h7H,2-6H2,1H3,(H2,11,12,13,14). The zero-order valence-corrected chi connectivity index (χ0v) is 8.43. The van der Waals surface area contributed by atoms with Gasteiger partial charge in [0.25, 0.3) is 5.91 Å². The fourth-order valence-corrected chi connectivity index (χ4v) is 2.53. The number of carbonyl (C=O) groups excluding carboxylic acids is 2. The number of amides is 3. The Hall–Kier alpha value is -1.06. The number of carbonyl (C=O) groups is 2. The Kier molecular flexibility index (Phi) is 2.21. The highest BCUT2D eigenvalue weighted by Crippen LogP contribution is 2.41. The van der Waals surface area contributed by atoms with Crippen molar-refractivity contribution in [2.75, 3.05) is 0 Å². The second-order valence-electron chi connectivity index (χ2n) is 4.74. The first-order chi connectivity index (χ1) is 6.59. The van der Waals surface area contributed by atoms with Gasteiger partial charge < -0.3 is 5.32 Å². The summed E-state index contributed by atoms with van der Waals surface area (Å²) in [6.45, 7) is 2.21. The van der Waals surface area contributed by atoms with Crippen molar-refractivity contribution in [1.29, 1.82) is 0 Å². The minimum atomic E-state index is -0.346. The van der Waals surface area contributed by atoms with E-state index in [2.05, 4.69) is 17.6 Å². The summed E-state index contributed by atoms with van der Waals surface area (Å²) in [7, 11) is 0. The molecule has 0 spiro atoms. The maximum atomic E-state index is 11.3. The van der Waals surface area contributed by atoms with Gasteiger partial charge in [-0.2, -0.15) is 0 Å². The first kappa shape index (κ1) is 9.49. The highest BCUT2D eigenvalue weighted by Gasteiger charge is 2.38. The summed E-state index contributed by atoms with van der Waals surface area (Å²) in [5, 5.41) is 4.93. The third kappa shape index (κ3) is 1.74. The molecule has 0 bridgehead atoms. The lowest BCUT2D eigenvalue weighted by molar-refractivity contribution is -0.120. The topological polar surface area (TPSA) is 58.2 Å². The van der Waals surface area contributed by atoms with E-state index >= 15 is 0 Å². The third-order valence-corrected chi connectivity index (χ3v) is 3.37. The molecule has 0 radical (unpaired) electrons. The summed E-state index contributed by atoms with van der Waals surface area (Å²) in [4.78, 5) is 22.2. The largest absolute Gasteiger partial charge is 0.326 e. The van der Waals surface area contributed by atoms with E-state index in [1.807, 2.05) is 0 Å². The quantitative estimate of drug-likeness (QED) is 0.651. The first-order valence-corrected chi connectivity index (χ1v) is 5.20. The van der Waals surface area contributed by atoms with Crippen LogP contribution < -0.4 is 10.6 Å². The van der Waals surface area contributed by atoms with Crippen LogP contribution in [0.3, 0.4) is 0 Å². The van der Waals surface area contributed by atoms with Gasteiger partial charge in [-0.25, -0.2) is 4.79 Å². The van der Waals surface area contributed by atoms with Crippen LogP contribution in [0.25, 0.3) is 0 Å². The smallest absolute Gasteiger partial charge is 0.322 e. The number of hydrogen-bond acceptors (Lipinski definition) is 2. The zero-order chi connectivity index (χ0) is 10.2. The number of hydrogen-bond donors (Lipinski definition) is 2. The van der Waals surface area contributed by atoms with Crippen LogP contribution >= 0.6 is 0 Å². The summed E-state index contributed by atoms with van der Waals surface area (Å²) >= 11 is 0. The van der Waals surface area contributed by atoms with Crippen molar-refractivity contribution in [3.05, 3.63) is 0 Å². The van der Waals surface area contributed by atoms with Crippen LogP contribution in [0, 0.1) is 5.41 Å². The van der Waals surface area contributed by atoms with Crippen LogP contribution in [0.1, 0.15) is 39.0 Å². The Morgan fingerprint density at radius 3 is 2.50 bits per heavy atom. The average molecular weight is 196 g/mol. The molecule has 2 fully saturated rings. The Morgan fingerprint density at radius 1 is 1.36 bits per heavy atom. The molecule has 78 valence electrons. The molecule has 0 aromatic carbocycles. The fraction of sp³-hybridized carbons (Fsp3) is 0.800. The lowest BCUT2D eigenvalue weighted by Crippen LogP contribution is -2.34. The van der Waals surface area contributed by atoms with Crippen molar-refractivity contribution in [3.63, 3.8) is 0 Å². The maximum Gasteiger partial charge on any atom is 0.322 e. The molecular formula is C10H16N2O2. The lowest BCUT2D eigenvalue weighted by atomic mass is 9.82. The highest BCUT2D eigenvalue weighted by molar-refractivity contribution is 6.04. The van der Waals surface area contributed by atoms with Crippen molar-refractivity contribution >= 4 is 11.9 Å². The highest BCUT2D eigenvalue weighted by atomic mass is 16.2. The molecule has 1 atom stereocenters. The van der Waals surface area contributed by atoms with E-state index in [4.69, 9.17) is 0 Å². The fourth-order valence-electron chi connectivity index (χ4n) is 2.53. The predicted octanol–water partition coefficient (Wildman–Crippen LogP) is 1.16. The molecule has 1 unspecified atom stereocenters. The summed E-state index contributed by atoms with van der Waals surface area (Å²) in [5.74, 6) is -0.164. The van der Waals surface area contributed by atoms with E-state index in [0.717, 1.165) is 6.42 Å². The van der Waals surface area contributed by atoms with Crippen LogP contribution in [0.4, 0.5) is 4.79 Å². The lowest BCUT2D eigenvalue weighted by Gasteiger charge is -2.25. The van der Waals surface area contributed by atoms with Crippen molar-refractivity contribution in [2.24, 2.45) is 5.41 Å². The molecule has 1 saturated heterocycles.